The maximum atomic E-state index is 14.6. The van der Waals surface area contributed by atoms with Crippen molar-refractivity contribution in [3.8, 4) is 11.1 Å². The Morgan fingerprint density at radius 1 is 1.00 bits per heavy atom. The number of carbonyl (C=O) groups excluding carboxylic acids is 2. The SMILES string of the molecule is CNC(=O)c1ccc(-c2ccc(Cn3ccc4c(F)ccc(C(=O)NC5CC6(CCC6)C5)c43)cc2)cn1. The van der Waals surface area contributed by atoms with Crippen molar-refractivity contribution in [2.24, 2.45) is 5.41 Å². The maximum Gasteiger partial charge on any atom is 0.269 e. The predicted octanol–water partition coefficient (Wildman–Crippen LogP) is 5.31. The number of halogens is 1. The van der Waals surface area contributed by atoms with E-state index in [1.807, 2.05) is 41.1 Å². The summed E-state index contributed by atoms with van der Waals surface area (Å²) in [5, 5.41) is 6.20. The maximum absolute atomic E-state index is 14.6. The lowest BCUT2D eigenvalue weighted by Crippen LogP contribution is -2.53. The van der Waals surface area contributed by atoms with Gasteiger partial charge >= 0.3 is 0 Å². The first-order valence-corrected chi connectivity index (χ1v) is 12.8. The van der Waals surface area contributed by atoms with Crippen LogP contribution in [0.5, 0.6) is 0 Å². The van der Waals surface area contributed by atoms with Gasteiger partial charge in [-0.3, -0.25) is 14.6 Å². The topological polar surface area (TPSA) is 76.0 Å². The molecule has 0 radical (unpaired) electrons. The lowest BCUT2D eigenvalue weighted by molar-refractivity contribution is -0.000605. The zero-order chi connectivity index (χ0) is 25.6. The minimum absolute atomic E-state index is 0.132. The normalized spacial score (nSPS) is 16.3. The van der Waals surface area contributed by atoms with Crippen molar-refractivity contribution in [1.82, 2.24) is 20.2 Å². The molecule has 0 unspecified atom stereocenters. The Labute approximate surface area is 214 Å². The van der Waals surface area contributed by atoms with Crippen LogP contribution in [0, 0.1) is 11.2 Å². The highest BCUT2D eigenvalue weighted by Gasteiger charge is 2.48. The molecule has 188 valence electrons. The molecule has 37 heavy (non-hydrogen) atoms. The van der Waals surface area contributed by atoms with Crippen molar-refractivity contribution in [1.29, 1.82) is 0 Å². The minimum atomic E-state index is -0.328. The molecule has 2 N–H and O–H groups in total. The minimum Gasteiger partial charge on any atom is -0.354 e. The molecule has 2 aliphatic carbocycles. The van der Waals surface area contributed by atoms with Gasteiger partial charge in [0.1, 0.15) is 11.5 Å². The number of hydrogen-bond acceptors (Lipinski definition) is 3. The van der Waals surface area contributed by atoms with Gasteiger partial charge in [-0.1, -0.05) is 36.8 Å². The molecule has 0 bridgehead atoms. The molecule has 0 aliphatic heterocycles. The Morgan fingerprint density at radius 2 is 1.76 bits per heavy atom. The lowest BCUT2D eigenvalue weighted by Gasteiger charge is -2.54. The van der Waals surface area contributed by atoms with Crippen LogP contribution in [0.3, 0.4) is 0 Å². The van der Waals surface area contributed by atoms with Gasteiger partial charge in [0.2, 0.25) is 0 Å². The Kier molecular flexibility index (Phi) is 5.78. The fraction of sp³-hybridized carbons (Fsp3) is 0.300. The van der Waals surface area contributed by atoms with Crippen LogP contribution in [0.15, 0.2) is 67.0 Å². The number of benzene rings is 2. The van der Waals surface area contributed by atoms with Crippen LogP contribution < -0.4 is 10.6 Å². The van der Waals surface area contributed by atoms with E-state index in [1.54, 1.807) is 31.4 Å². The fourth-order valence-electron chi connectivity index (χ4n) is 5.87. The summed E-state index contributed by atoms with van der Waals surface area (Å²) >= 11 is 0. The van der Waals surface area contributed by atoms with Crippen molar-refractivity contribution in [3.63, 3.8) is 0 Å². The summed E-state index contributed by atoms with van der Waals surface area (Å²) < 4.78 is 16.6. The van der Waals surface area contributed by atoms with E-state index >= 15 is 0 Å². The van der Waals surface area contributed by atoms with E-state index in [2.05, 4.69) is 15.6 Å². The van der Waals surface area contributed by atoms with Gasteiger partial charge in [0.25, 0.3) is 11.8 Å². The highest BCUT2D eigenvalue weighted by molar-refractivity contribution is 6.06. The van der Waals surface area contributed by atoms with Gasteiger partial charge < -0.3 is 15.2 Å². The van der Waals surface area contributed by atoms with Crippen molar-refractivity contribution in [2.45, 2.75) is 44.7 Å². The molecule has 2 aromatic heterocycles. The van der Waals surface area contributed by atoms with Crippen LogP contribution in [0.2, 0.25) is 0 Å². The first kappa shape index (κ1) is 23.4. The number of carbonyl (C=O) groups is 2. The summed E-state index contributed by atoms with van der Waals surface area (Å²) in [5.41, 5.74) is 4.89. The van der Waals surface area contributed by atoms with Crippen LogP contribution >= 0.6 is 0 Å². The van der Waals surface area contributed by atoms with Crippen LogP contribution in [-0.4, -0.2) is 34.5 Å². The summed E-state index contributed by atoms with van der Waals surface area (Å²) in [6, 6.07) is 16.5. The van der Waals surface area contributed by atoms with Crippen LogP contribution in [0.25, 0.3) is 22.0 Å². The molecule has 0 saturated heterocycles. The van der Waals surface area contributed by atoms with Gasteiger partial charge in [0.15, 0.2) is 0 Å². The summed E-state index contributed by atoms with van der Waals surface area (Å²) in [6.07, 6.45) is 9.49. The second kappa shape index (κ2) is 9.14. The second-order valence-electron chi connectivity index (χ2n) is 10.4. The lowest BCUT2D eigenvalue weighted by atomic mass is 9.54. The molecule has 2 fully saturated rings. The van der Waals surface area contributed by atoms with Crippen molar-refractivity contribution < 1.29 is 14.0 Å². The third kappa shape index (κ3) is 4.28. The van der Waals surface area contributed by atoms with Crippen LogP contribution in [0.4, 0.5) is 4.39 Å². The average Bonchev–Trinajstić information content (AvgIpc) is 3.29. The average molecular weight is 497 g/mol. The van der Waals surface area contributed by atoms with E-state index in [9.17, 15) is 14.0 Å². The first-order valence-electron chi connectivity index (χ1n) is 12.8. The van der Waals surface area contributed by atoms with E-state index < -0.39 is 0 Å². The Hall–Kier alpha value is -4.00. The number of aromatic nitrogens is 2. The molecular formula is C30H29FN4O2. The molecule has 4 aromatic rings. The molecule has 6 rings (SSSR count). The smallest absolute Gasteiger partial charge is 0.269 e. The van der Waals surface area contributed by atoms with Gasteiger partial charge in [-0.15, -0.1) is 0 Å². The fourth-order valence-corrected chi connectivity index (χ4v) is 5.87. The van der Waals surface area contributed by atoms with E-state index in [1.165, 1.54) is 25.3 Å². The highest BCUT2D eigenvalue weighted by atomic mass is 19.1. The number of amides is 2. The molecule has 7 heteroatoms. The highest BCUT2D eigenvalue weighted by Crippen LogP contribution is 2.55. The second-order valence-corrected chi connectivity index (χ2v) is 10.4. The number of nitrogens with zero attached hydrogens (tertiary/aromatic N) is 2. The molecule has 2 saturated carbocycles. The van der Waals surface area contributed by atoms with E-state index in [-0.39, 0.29) is 23.7 Å². The standard InChI is InChI=1S/C30H29FN4O2/c1-32-29(37)26-10-7-21(17-33-26)20-5-3-19(4-6-20)18-35-14-11-23-25(31)9-8-24(27(23)35)28(36)34-22-15-30(16-22)12-2-13-30/h3-11,14,17,22H,2,12-13,15-16,18H2,1H3,(H,32,37)(H,34,36). The third-order valence-electron chi connectivity index (χ3n) is 8.09. The van der Waals surface area contributed by atoms with Gasteiger partial charge in [0.05, 0.1) is 11.1 Å². The quantitative estimate of drug-likeness (QED) is 0.380. The molecular weight excluding hydrogens is 467 g/mol. The van der Waals surface area contributed by atoms with Crippen molar-refractivity contribution >= 4 is 22.7 Å². The van der Waals surface area contributed by atoms with Gasteiger partial charge in [0, 0.05) is 43.0 Å². The molecule has 2 heterocycles. The van der Waals surface area contributed by atoms with Gasteiger partial charge in [-0.2, -0.15) is 0 Å². The number of nitrogens with one attached hydrogen (secondary N) is 2. The zero-order valence-electron chi connectivity index (χ0n) is 20.8. The number of fused-ring (bicyclic) bond motifs is 1. The summed E-state index contributed by atoms with van der Waals surface area (Å²) in [5.74, 6) is -0.683. The Bertz CT molecular complexity index is 1480. The molecule has 2 aliphatic rings. The summed E-state index contributed by atoms with van der Waals surface area (Å²) in [4.78, 5) is 29.2. The van der Waals surface area contributed by atoms with Gasteiger partial charge in [-0.25, -0.2) is 4.39 Å². The molecule has 1 spiro atoms. The number of pyridine rings is 1. The molecule has 0 atom stereocenters. The van der Waals surface area contributed by atoms with Crippen molar-refractivity contribution in [3.05, 3.63) is 89.6 Å². The Balaban J connectivity index is 1.21. The summed E-state index contributed by atoms with van der Waals surface area (Å²) in [6.45, 7) is 0.508. The number of hydrogen-bond donors (Lipinski definition) is 2. The van der Waals surface area contributed by atoms with Gasteiger partial charge in [-0.05, 0) is 66.5 Å². The predicted molar refractivity (Wildman–Crippen MR) is 141 cm³/mol. The van der Waals surface area contributed by atoms with E-state index in [0.717, 1.165) is 29.5 Å². The largest absolute Gasteiger partial charge is 0.354 e. The van der Waals surface area contributed by atoms with Crippen LogP contribution in [0.1, 0.15) is 58.5 Å². The first-order chi connectivity index (χ1) is 17.9. The Morgan fingerprint density at radius 3 is 2.41 bits per heavy atom. The van der Waals surface area contributed by atoms with Crippen LogP contribution in [-0.2, 0) is 6.54 Å². The monoisotopic (exact) mass is 496 g/mol. The van der Waals surface area contributed by atoms with Crippen molar-refractivity contribution in [2.75, 3.05) is 7.05 Å². The number of rotatable bonds is 6. The molecule has 2 aromatic carbocycles. The van der Waals surface area contributed by atoms with E-state index in [4.69, 9.17) is 0 Å². The third-order valence-corrected chi connectivity index (χ3v) is 8.09. The van der Waals surface area contributed by atoms with E-state index in [0.29, 0.717) is 34.1 Å². The molecule has 6 nitrogen and oxygen atoms in total. The zero-order valence-corrected chi connectivity index (χ0v) is 20.8. The summed E-state index contributed by atoms with van der Waals surface area (Å²) in [7, 11) is 1.58. The molecule has 2 amide bonds.